The van der Waals surface area contributed by atoms with Crippen molar-refractivity contribution in [2.75, 3.05) is 26.7 Å². The third-order valence-corrected chi connectivity index (χ3v) is 2.59. The quantitative estimate of drug-likeness (QED) is 0.702. The van der Waals surface area contributed by atoms with Gasteiger partial charge in [-0.1, -0.05) is 20.8 Å². The van der Waals surface area contributed by atoms with Crippen LogP contribution in [0.3, 0.4) is 0 Å². The second-order valence-electron chi connectivity index (χ2n) is 5.51. The van der Waals surface area contributed by atoms with Gasteiger partial charge in [-0.05, 0) is 26.3 Å². The fourth-order valence-corrected chi connectivity index (χ4v) is 1.66. The van der Waals surface area contributed by atoms with E-state index in [1.54, 1.807) is 7.05 Å². The molecule has 2 amide bonds. The zero-order valence-corrected chi connectivity index (χ0v) is 12.5. The predicted octanol–water partition coefficient (Wildman–Crippen LogP) is 0.605. The van der Waals surface area contributed by atoms with E-state index >= 15 is 0 Å². The summed E-state index contributed by atoms with van der Waals surface area (Å²) in [4.78, 5) is 25.2. The minimum atomic E-state index is -0.637. The van der Waals surface area contributed by atoms with E-state index in [2.05, 4.69) is 10.6 Å². The Bertz CT molecular complexity index is 288. The zero-order chi connectivity index (χ0) is 14.3. The molecule has 0 aromatic rings. The number of amides is 2. The van der Waals surface area contributed by atoms with Crippen molar-refractivity contribution in [1.29, 1.82) is 0 Å². The molecule has 0 aliphatic heterocycles. The molecule has 0 rings (SSSR count). The van der Waals surface area contributed by atoms with Crippen molar-refractivity contribution in [2.24, 2.45) is 5.92 Å². The summed E-state index contributed by atoms with van der Waals surface area (Å²) in [6, 6.07) is 0. The van der Waals surface area contributed by atoms with Gasteiger partial charge in [0, 0.05) is 13.6 Å². The van der Waals surface area contributed by atoms with Crippen molar-refractivity contribution >= 4 is 11.8 Å². The molecule has 0 spiro atoms. The summed E-state index contributed by atoms with van der Waals surface area (Å²) in [6.45, 7) is 11.1. The van der Waals surface area contributed by atoms with Crippen LogP contribution in [-0.4, -0.2) is 48.9 Å². The predicted molar refractivity (Wildman–Crippen MR) is 73.2 cm³/mol. The van der Waals surface area contributed by atoms with Crippen LogP contribution in [0, 0.1) is 5.92 Å². The molecule has 0 unspecified atom stereocenters. The highest BCUT2D eigenvalue weighted by Gasteiger charge is 2.29. The molecule has 5 nitrogen and oxygen atoms in total. The van der Waals surface area contributed by atoms with Crippen LogP contribution < -0.4 is 10.6 Å². The van der Waals surface area contributed by atoms with Gasteiger partial charge in [0.25, 0.3) is 0 Å². The molecule has 0 atom stereocenters. The highest BCUT2D eigenvalue weighted by Crippen LogP contribution is 2.06. The first-order valence-corrected chi connectivity index (χ1v) is 6.48. The standard InChI is InChI=1S/C13H27N3O2/c1-7-15-13(4,5)12(18)16(6)9-11(17)14-8-10(2)3/h10,15H,7-9H2,1-6H3,(H,14,17). The van der Waals surface area contributed by atoms with Crippen molar-refractivity contribution in [3.05, 3.63) is 0 Å². The lowest BCUT2D eigenvalue weighted by molar-refractivity contribution is -0.139. The summed E-state index contributed by atoms with van der Waals surface area (Å²) >= 11 is 0. The van der Waals surface area contributed by atoms with Gasteiger partial charge in [-0.2, -0.15) is 0 Å². The summed E-state index contributed by atoms with van der Waals surface area (Å²) in [5.41, 5.74) is -0.637. The highest BCUT2D eigenvalue weighted by molar-refractivity contribution is 5.89. The van der Waals surface area contributed by atoms with Gasteiger partial charge in [-0.3, -0.25) is 9.59 Å². The van der Waals surface area contributed by atoms with Crippen molar-refractivity contribution in [3.8, 4) is 0 Å². The third-order valence-electron chi connectivity index (χ3n) is 2.59. The van der Waals surface area contributed by atoms with Crippen molar-refractivity contribution < 1.29 is 9.59 Å². The molecule has 0 aliphatic carbocycles. The molecule has 18 heavy (non-hydrogen) atoms. The lowest BCUT2D eigenvalue weighted by Gasteiger charge is -2.29. The Morgan fingerprint density at radius 2 is 1.83 bits per heavy atom. The van der Waals surface area contributed by atoms with Gasteiger partial charge in [-0.15, -0.1) is 0 Å². The number of hydrogen-bond acceptors (Lipinski definition) is 3. The van der Waals surface area contributed by atoms with E-state index in [0.29, 0.717) is 19.0 Å². The summed E-state index contributed by atoms with van der Waals surface area (Å²) in [7, 11) is 1.65. The first kappa shape index (κ1) is 16.9. The lowest BCUT2D eigenvalue weighted by atomic mass is 10.0. The fraction of sp³-hybridized carbons (Fsp3) is 0.846. The minimum absolute atomic E-state index is 0.0796. The molecule has 2 N–H and O–H groups in total. The Labute approximate surface area is 110 Å². The Balaban J connectivity index is 4.27. The van der Waals surface area contributed by atoms with E-state index in [1.165, 1.54) is 4.90 Å². The summed E-state index contributed by atoms with van der Waals surface area (Å²) in [5, 5.41) is 5.90. The van der Waals surface area contributed by atoms with Gasteiger partial charge in [-0.25, -0.2) is 0 Å². The van der Waals surface area contributed by atoms with E-state index in [9.17, 15) is 9.59 Å². The molecular formula is C13H27N3O2. The van der Waals surface area contributed by atoms with Crippen LogP contribution in [0.1, 0.15) is 34.6 Å². The van der Waals surface area contributed by atoms with Gasteiger partial charge in [0.2, 0.25) is 11.8 Å². The average Bonchev–Trinajstić information content (AvgIpc) is 2.25. The molecule has 0 bridgehead atoms. The number of hydrogen-bond donors (Lipinski definition) is 2. The number of nitrogens with one attached hydrogen (secondary N) is 2. The van der Waals surface area contributed by atoms with Crippen LogP contribution in [-0.2, 0) is 9.59 Å². The molecule has 0 radical (unpaired) electrons. The Morgan fingerprint density at radius 1 is 1.28 bits per heavy atom. The number of carbonyl (C=O) groups is 2. The maximum atomic E-state index is 12.1. The normalized spacial score (nSPS) is 11.5. The summed E-state index contributed by atoms with van der Waals surface area (Å²) < 4.78 is 0. The maximum absolute atomic E-state index is 12.1. The molecule has 0 aliphatic rings. The SMILES string of the molecule is CCNC(C)(C)C(=O)N(C)CC(=O)NCC(C)C. The second kappa shape index (κ2) is 7.36. The summed E-state index contributed by atoms with van der Waals surface area (Å²) in [5.74, 6) is 0.212. The van der Waals surface area contributed by atoms with Gasteiger partial charge in [0.05, 0.1) is 12.1 Å². The largest absolute Gasteiger partial charge is 0.354 e. The van der Waals surface area contributed by atoms with Crippen LogP contribution >= 0.6 is 0 Å². The van der Waals surface area contributed by atoms with Gasteiger partial charge < -0.3 is 15.5 Å². The van der Waals surface area contributed by atoms with E-state index in [1.807, 2.05) is 34.6 Å². The Kier molecular flexibility index (Phi) is 6.91. The number of nitrogens with zero attached hydrogens (tertiary/aromatic N) is 1. The fourth-order valence-electron chi connectivity index (χ4n) is 1.66. The van der Waals surface area contributed by atoms with Crippen LogP contribution in [0.5, 0.6) is 0 Å². The van der Waals surface area contributed by atoms with Crippen LogP contribution in [0.2, 0.25) is 0 Å². The highest BCUT2D eigenvalue weighted by atomic mass is 16.2. The van der Waals surface area contributed by atoms with E-state index in [0.717, 1.165) is 0 Å². The van der Waals surface area contributed by atoms with Crippen molar-refractivity contribution in [1.82, 2.24) is 15.5 Å². The van der Waals surface area contributed by atoms with Gasteiger partial charge >= 0.3 is 0 Å². The van der Waals surface area contributed by atoms with Crippen LogP contribution in [0.15, 0.2) is 0 Å². The molecule has 0 saturated heterocycles. The molecule has 106 valence electrons. The molecule has 5 heteroatoms. The smallest absolute Gasteiger partial charge is 0.242 e. The average molecular weight is 257 g/mol. The molecule has 0 heterocycles. The van der Waals surface area contributed by atoms with E-state index in [4.69, 9.17) is 0 Å². The Morgan fingerprint density at radius 3 is 2.28 bits per heavy atom. The first-order chi connectivity index (χ1) is 8.20. The van der Waals surface area contributed by atoms with E-state index in [-0.39, 0.29) is 18.4 Å². The third kappa shape index (κ3) is 6.00. The minimum Gasteiger partial charge on any atom is -0.354 e. The molecule has 0 saturated carbocycles. The number of rotatable bonds is 7. The monoisotopic (exact) mass is 257 g/mol. The number of carbonyl (C=O) groups excluding carboxylic acids is 2. The molecule has 0 aromatic heterocycles. The number of likely N-dealkylation sites (N-methyl/N-ethyl adjacent to an activating group) is 2. The van der Waals surface area contributed by atoms with Crippen molar-refractivity contribution in [3.63, 3.8) is 0 Å². The topological polar surface area (TPSA) is 61.4 Å². The lowest BCUT2D eigenvalue weighted by Crippen LogP contribution is -2.54. The zero-order valence-electron chi connectivity index (χ0n) is 12.5. The van der Waals surface area contributed by atoms with E-state index < -0.39 is 5.54 Å². The van der Waals surface area contributed by atoms with Gasteiger partial charge in [0.1, 0.15) is 0 Å². The molecular weight excluding hydrogens is 230 g/mol. The van der Waals surface area contributed by atoms with Crippen molar-refractivity contribution in [2.45, 2.75) is 40.2 Å². The molecule has 0 fully saturated rings. The summed E-state index contributed by atoms with van der Waals surface area (Å²) in [6.07, 6.45) is 0. The van der Waals surface area contributed by atoms with Crippen LogP contribution in [0.4, 0.5) is 0 Å². The Hall–Kier alpha value is -1.10. The maximum Gasteiger partial charge on any atom is 0.242 e. The van der Waals surface area contributed by atoms with Gasteiger partial charge in [0.15, 0.2) is 0 Å². The molecule has 0 aromatic carbocycles. The van der Waals surface area contributed by atoms with Crippen LogP contribution in [0.25, 0.3) is 0 Å². The first-order valence-electron chi connectivity index (χ1n) is 6.48. The second-order valence-corrected chi connectivity index (χ2v) is 5.51.